The maximum Gasteiger partial charge on any atom is 0.0579 e. The van der Waals surface area contributed by atoms with E-state index in [1.54, 1.807) is 0 Å². The molecule has 21 heavy (non-hydrogen) atoms. The van der Waals surface area contributed by atoms with E-state index in [0.717, 1.165) is 10.6 Å². The first-order valence-electron chi connectivity index (χ1n) is 7.37. The molecule has 0 amide bonds. The monoisotopic (exact) mass is 301 g/mol. The molecule has 0 aromatic heterocycles. The number of hydrogen-bond acceptors (Lipinski definition) is 1. The molecule has 0 aliphatic heterocycles. The lowest BCUT2D eigenvalue weighted by Gasteiger charge is -2.25. The Morgan fingerprint density at radius 3 is 1.90 bits per heavy atom. The van der Waals surface area contributed by atoms with Crippen LogP contribution in [0.2, 0.25) is 5.02 Å². The van der Waals surface area contributed by atoms with Crippen LogP contribution in [0.5, 0.6) is 0 Å². The molecule has 0 aliphatic carbocycles. The zero-order valence-corrected chi connectivity index (χ0v) is 14.5. The van der Waals surface area contributed by atoms with Crippen molar-refractivity contribution in [3.63, 3.8) is 0 Å². The van der Waals surface area contributed by atoms with Crippen molar-refractivity contribution >= 4 is 11.6 Å². The van der Waals surface area contributed by atoms with Gasteiger partial charge in [-0.1, -0.05) is 29.8 Å². The molecule has 0 aliphatic rings. The molecule has 1 nitrogen and oxygen atoms in total. The first-order valence-corrected chi connectivity index (χ1v) is 7.75. The maximum absolute atomic E-state index is 6.17. The molecule has 2 aromatic rings. The van der Waals surface area contributed by atoms with Crippen LogP contribution in [0.3, 0.4) is 0 Å². The SMILES string of the molecule is CNC(c1ccc(Cl)c(C)c1)c1c(C)c(C)cc(C)c1C. The number of nitrogens with one attached hydrogen (secondary N) is 1. The largest absolute Gasteiger partial charge is 0.309 e. The van der Waals surface area contributed by atoms with Gasteiger partial charge in [0.25, 0.3) is 0 Å². The minimum absolute atomic E-state index is 0.194. The molecule has 0 heterocycles. The first-order chi connectivity index (χ1) is 9.86. The second kappa shape index (κ2) is 6.21. The zero-order valence-electron chi connectivity index (χ0n) is 13.8. The number of halogens is 1. The molecule has 2 rings (SSSR count). The van der Waals surface area contributed by atoms with Gasteiger partial charge in [-0.05, 0) is 86.7 Å². The van der Waals surface area contributed by atoms with Gasteiger partial charge in [0.15, 0.2) is 0 Å². The van der Waals surface area contributed by atoms with Crippen molar-refractivity contribution in [3.05, 3.63) is 68.2 Å². The normalized spacial score (nSPS) is 12.5. The molecule has 0 radical (unpaired) electrons. The average molecular weight is 302 g/mol. The Morgan fingerprint density at radius 2 is 1.43 bits per heavy atom. The fourth-order valence-electron chi connectivity index (χ4n) is 3.01. The van der Waals surface area contributed by atoms with Crippen LogP contribution in [0.25, 0.3) is 0 Å². The fourth-order valence-corrected chi connectivity index (χ4v) is 3.12. The van der Waals surface area contributed by atoms with Gasteiger partial charge in [0, 0.05) is 5.02 Å². The van der Waals surface area contributed by atoms with Crippen molar-refractivity contribution in [2.75, 3.05) is 7.05 Å². The third-order valence-corrected chi connectivity index (χ3v) is 4.94. The van der Waals surface area contributed by atoms with E-state index in [-0.39, 0.29) is 6.04 Å². The molecule has 0 saturated carbocycles. The van der Waals surface area contributed by atoms with Crippen molar-refractivity contribution in [3.8, 4) is 0 Å². The van der Waals surface area contributed by atoms with E-state index < -0.39 is 0 Å². The van der Waals surface area contributed by atoms with Gasteiger partial charge in [0.05, 0.1) is 6.04 Å². The van der Waals surface area contributed by atoms with Crippen molar-refractivity contribution in [1.82, 2.24) is 5.32 Å². The van der Waals surface area contributed by atoms with Crippen LogP contribution in [-0.2, 0) is 0 Å². The number of rotatable bonds is 3. The average Bonchev–Trinajstić information content (AvgIpc) is 2.44. The van der Waals surface area contributed by atoms with E-state index in [0.29, 0.717) is 0 Å². The Kier molecular flexibility index (Phi) is 4.75. The van der Waals surface area contributed by atoms with Crippen LogP contribution in [0.15, 0.2) is 24.3 Å². The Morgan fingerprint density at radius 1 is 0.857 bits per heavy atom. The Labute approximate surface area is 133 Å². The highest BCUT2D eigenvalue weighted by Crippen LogP contribution is 2.32. The minimum Gasteiger partial charge on any atom is -0.309 e. The van der Waals surface area contributed by atoms with E-state index in [4.69, 9.17) is 11.6 Å². The Hall–Kier alpha value is -1.31. The standard InChI is InChI=1S/C19H24ClN/c1-11-9-12(2)15(5)18(14(11)4)19(21-6)16-7-8-17(20)13(3)10-16/h7-10,19,21H,1-6H3. The van der Waals surface area contributed by atoms with Crippen molar-refractivity contribution in [2.45, 2.75) is 40.7 Å². The summed E-state index contributed by atoms with van der Waals surface area (Å²) in [5, 5.41) is 4.30. The summed E-state index contributed by atoms with van der Waals surface area (Å²) in [6, 6.07) is 8.75. The van der Waals surface area contributed by atoms with E-state index >= 15 is 0 Å². The van der Waals surface area contributed by atoms with Gasteiger partial charge in [-0.15, -0.1) is 0 Å². The van der Waals surface area contributed by atoms with Gasteiger partial charge < -0.3 is 5.32 Å². The number of hydrogen-bond donors (Lipinski definition) is 1. The van der Waals surface area contributed by atoms with Crippen molar-refractivity contribution in [2.24, 2.45) is 0 Å². The third-order valence-electron chi connectivity index (χ3n) is 4.52. The van der Waals surface area contributed by atoms with Gasteiger partial charge in [0.1, 0.15) is 0 Å². The lowest BCUT2D eigenvalue weighted by molar-refractivity contribution is 0.681. The van der Waals surface area contributed by atoms with Crippen LogP contribution in [0, 0.1) is 34.6 Å². The van der Waals surface area contributed by atoms with Crippen LogP contribution in [-0.4, -0.2) is 7.05 Å². The molecular weight excluding hydrogens is 278 g/mol. The molecule has 2 aromatic carbocycles. The van der Waals surface area contributed by atoms with Crippen molar-refractivity contribution in [1.29, 1.82) is 0 Å². The molecule has 1 unspecified atom stereocenters. The predicted molar refractivity (Wildman–Crippen MR) is 92.5 cm³/mol. The van der Waals surface area contributed by atoms with Gasteiger partial charge in [-0.2, -0.15) is 0 Å². The Balaban J connectivity index is 2.64. The summed E-state index contributed by atoms with van der Waals surface area (Å²) in [5.41, 5.74) is 9.19. The second-order valence-corrected chi connectivity index (χ2v) is 6.31. The quantitative estimate of drug-likeness (QED) is 0.822. The highest BCUT2D eigenvalue weighted by molar-refractivity contribution is 6.31. The lowest BCUT2D eigenvalue weighted by atomic mass is 9.86. The first kappa shape index (κ1) is 16.1. The molecule has 0 bridgehead atoms. The van der Waals surface area contributed by atoms with Gasteiger partial charge in [0.2, 0.25) is 0 Å². The van der Waals surface area contributed by atoms with E-state index in [9.17, 15) is 0 Å². The van der Waals surface area contributed by atoms with E-state index in [1.807, 2.05) is 13.1 Å². The zero-order chi connectivity index (χ0) is 15.7. The molecule has 112 valence electrons. The minimum atomic E-state index is 0.194. The molecule has 1 atom stereocenters. The molecule has 0 saturated heterocycles. The van der Waals surface area contributed by atoms with Crippen molar-refractivity contribution < 1.29 is 0 Å². The summed E-state index contributed by atoms with van der Waals surface area (Å²) in [6.07, 6.45) is 0. The summed E-state index contributed by atoms with van der Waals surface area (Å²) in [7, 11) is 2.02. The smallest absolute Gasteiger partial charge is 0.0579 e. The predicted octanol–water partition coefficient (Wildman–Crippen LogP) is 5.19. The molecular formula is C19H24ClN. The summed E-state index contributed by atoms with van der Waals surface area (Å²) in [5.74, 6) is 0. The molecule has 0 fully saturated rings. The summed E-state index contributed by atoms with van der Waals surface area (Å²) in [4.78, 5) is 0. The highest BCUT2D eigenvalue weighted by Gasteiger charge is 2.19. The summed E-state index contributed by atoms with van der Waals surface area (Å²) in [6.45, 7) is 10.9. The van der Waals surface area contributed by atoms with Crippen LogP contribution >= 0.6 is 11.6 Å². The van der Waals surface area contributed by atoms with Gasteiger partial charge >= 0.3 is 0 Å². The van der Waals surface area contributed by atoms with Crippen LogP contribution in [0.4, 0.5) is 0 Å². The van der Waals surface area contributed by atoms with Crippen LogP contribution in [0.1, 0.15) is 45.0 Å². The summed E-state index contributed by atoms with van der Waals surface area (Å²) >= 11 is 6.17. The molecule has 0 spiro atoms. The maximum atomic E-state index is 6.17. The fraction of sp³-hybridized carbons (Fsp3) is 0.368. The van der Waals surface area contributed by atoms with Gasteiger partial charge in [-0.3, -0.25) is 0 Å². The highest BCUT2D eigenvalue weighted by atomic mass is 35.5. The molecule has 1 N–H and O–H groups in total. The third kappa shape index (κ3) is 3.00. The van der Waals surface area contributed by atoms with Gasteiger partial charge in [-0.25, -0.2) is 0 Å². The van der Waals surface area contributed by atoms with E-state index in [1.165, 1.54) is 33.4 Å². The summed E-state index contributed by atoms with van der Waals surface area (Å²) < 4.78 is 0. The second-order valence-electron chi connectivity index (χ2n) is 5.90. The lowest BCUT2D eigenvalue weighted by Crippen LogP contribution is -2.21. The number of aryl methyl sites for hydroxylation is 3. The Bertz CT molecular complexity index is 648. The number of benzene rings is 2. The molecule has 2 heteroatoms. The topological polar surface area (TPSA) is 12.0 Å². The van der Waals surface area contributed by atoms with Crippen LogP contribution < -0.4 is 5.32 Å². The van der Waals surface area contributed by atoms with E-state index in [2.05, 4.69) is 58.1 Å².